The Morgan fingerprint density at radius 2 is 1.19 bits per heavy atom. The minimum Gasteiger partial charge on any atom is -0.344 e. The van der Waals surface area contributed by atoms with Gasteiger partial charge in [0, 0.05) is 18.2 Å². The quantitative estimate of drug-likeness (QED) is 0.721. The fraction of sp³-hybridized carbons (Fsp3) is 0.143. The Labute approximate surface area is 95.1 Å². The Morgan fingerprint density at radius 1 is 0.812 bits per heavy atom. The van der Waals surface area contributed by atoms with E-state index in [9.17, 15) is 5.11 Å². The lowest BCUT2D eigenvalue weighted by Gasteiger charge is -2.24. The summed E-state index contributed by atoms with van der Waals surface area (Å²) < 4.78 is 5.15. The lowest BCUT2D eigenvalue weighted by molar-refractivity contribution is -0.202. The van der Waals surface area contributed by atoms with Crippen LogP contribution in [0.15, 0.2) is 60.7 Å². The zero-order valence-electron chi connectivity index (χ0n) is 9.09. The lowest BCUT2D eigenvalue weighted by atomic mass is 9.97. The van der Waals surface area contributed by atoms with Crippen LogP contribution in [0.3, 0.4) is 0 Å². The summed E-state index contributed by atoms with van der Waals surface area (Å²) in [5, 5.41) is 12.7. The van der Waals surface area contributed by atoms with Gasteiger partial charge in [-0.1, -0.05) is 60.7 Å². The molecule has 2 nitrogen and oxygen atoms in total. The maximum absolute atomic E-state index is 12.7. The van der Waals surface area contributed by atoms with Crippen molar-refractivity contribution in [2.45, 2.75) is 5.79 Å². The molecule has 0 spiro atoms. The summed E-state index contributed by atoms with van der Waals surface area (Å²) in [4.78, 5) is 0. The molecule has 0 atom stereocenters. The Balaban J connectivity index is 2.49. The molecule has 0 bridgehead atoms. The van der Waals surface area contributed by atoms with Gasteiger partial charge in [-0.25, -0.2) is 0 Å². The number of hydrogen-bond acceptors (Lipinski definition) is 1. The molecule has 0 aromatic heterocycles. The van der Waals surface area contributed by atoms with Gasteiger partial charge >= 0.3 is 0 Å². The molecule has 2 rings (SSSR count). The highest BCUT2D eigenvalue weighted by molar-refractivity contribution is 5.32. The van der Waals surface area contributed by atoms with Gasteiger partial charge in [0.05, 0.1) is 0 Å². The van der Waals surface area contributed by atoms with E-state index in [-0.39, 0.29) is 0 Å². The van der Waals surface area contributed by atoms with Gasteiger partial charge in [-0.15, -0.1) is 0 Å². The molecule has 0 saturated heterocycles. The van der Waals surface area contributed by atoms with E-state index in [1.165, 1.54) is 7.11 Å². The van der Waals surface area contributed by atoms with Crippen LogP contribution in [0.2, 0.25) is 0 Å². The van der Waals surface area contributed by atoms with Gasteiger partial charge in [-0.2, -0.15) is 5.11 Å². The second kappa shape index (κ2) is 4.47. The Hall–Kier alpha value is -1.64. The van der Waals surface area contributed by atoms with Crippen LogP contribution in [0, 0.1) is 0 Å². The molecule has 0 amide bonds. The zero-order valence-corrected chi connectivity index (χ0v) is 9.09. The molecule has 81 valence electrons. The molecular formula is C14H13O2. The van der Waals surface area contributed by atoms with Crippen molar-refractivity contribution in [3.63, 3.8) is 0 Å². The second-order valence-corrected chi connectivity index (χ2v) is 3.55. The van der Waals surface area contributed by atoms with Gasteiger partial charge in [-0.3, -0.25) is 0 Å². The summed E-state index contributed by atoms with van der Waals surface area (Å²) in [5.74, 6) is -1.62. The third-order valence-electron chi connectivity index (χ3n) is 2.60. The highest BCUT2D eigenvalue weighted by atomic mass is 16.6. The van der Waals surface area contributed by atoms with Crippen molar-refractivity contribution in [3.8, 4) is 0 Å². The van der Waals surface area contributed by atoms with Crippen LogP contribution in [0.5, 0.6) is 0 Å². The first-order valence-corrected chi connectivity index (χ1v) is 5.14. The predicted octanol–water partition coefficient (Wildman–Crippen LogP) is 2.96. The molecule has 0 aliphatic rings. The molecule has 2 aromatic carbocycles. The van der Waals surface area contributed by atoms with Gasteiger partial charge in [0.1, 0.15) is 0 Å². The summed E-state index contributed by atoms with van der Waals surface area (Å²) in [6.07, 6.45) is 0. The molecule has 1 radical (unpaired) electrons. The monoisotopic (exact) mass is 213 g/mol. The van der Waals surface area contributed by atoms with E-state index in [2.05, 4.69) is 0 Å². The van der Waals surface area contributed by atoms with E-state index in [0.29, 0.717) is 11.1 Å². The van der Waals surface area contributed by atoms with Crippen LogP contribution in [0.1, 0.15) is 11.1 Å². The van der Waals surface area contributed by atoms with E-state index in [0.717, 1.165) is 0 Å². The first kappa shape index (κ1) is 10.9. The molecule has 0 fully saturated rings. The van der Waals surface area contributed by atoms with Gasteiger partial charge in [-0.05, 0) is 0 Å². The number of hydrogen-bond donors (Lipinski definition) is 0. The van der Waals surface area contributed by atoms with Gasteiger partial charge in [0.2, 0.25) is 0 Å². The normalized spacial score (nSPS) is 11.4. The van der Waals surface area contributed by atoms with E-state index in [4.69, 9.17) is 4.74 Å². The molecule has 2 heteroatoms. The van der Waals surface area contributed by atoms with Crippen LogP contribution >= 0.6 is 0 Å². The summed E-state index contributed by atoms with van der Waals surface area (Å²) in [5.41, 5.74) is 1.23. The number of methoxy groups -OCH3 is 1. The van der Waals surface area contributed by atoms with Crippen molar-refractivity contribution in [1.29, 1.82) is 0 Å². The van der Waals surface area contributed by atoms with Crippen LogP contribution in [0.4, 0.5) is 0 Å². The third-order valence-corrected chi connectivity index (χ3v) is 2.60. The van der Waals surface area contributed by atoms with Crippen molar-refractivity contribution in [3.05, 3.63) is 71.8 Å². The Bertz CT molecular complexity index is 397. The van der Waals surface area contributed by atoms with E-state index < -0.39 is 5.79 Å². The Kier molecular flexibility index (Phi) is 3.04. The van der Waals surface area contributed by atoms with Crippen molar-refractivity contribution >= 4 is 0 Å². The molecule has 0 saturated carbocycles. The fourth-order valence-electron chi connectivity index (χ4n) is 1.72. The first-order chi connectivity index (χ1) is 7.77. The maximum atomic E-state index is 12.7. The molecule has 0 aliphatic carbocycles. The standard InChI is InChI=1S/C14H13O2/c1-16-14(15,12-8-4-2-5-9-12)13-10-6-3-7-11-13/h2-11H,1H3. The van der Waals surface area contributed by atoms with Crippen molar-refractivity contribution in [1.82, 2.24) is 0 Å². The number of rotatable bonds is 3. The number of ether oxygens (including phenoxy) is 1. The predicted molar refractivity (Wildman–Crippen MR) is 61.4 cm³/mol. The van der Waals surface area contributed by atoms with E-state index in [1.54, 1.807) is 24.3 Å². The Morgan fingerprint density at radius 3 is 1.50 bits per heavy atom. The van der Waals surface area contributed by atoms with Crippen molar-refractivity contribution < 1.29 is 9.84 Å². The minimum absolute atomic E-state index is 0.615. The van der Waals surface area contributed by atoms with Crippen LogP contribution in [0.25, 0.3) is 0 Å². The van der Waals surface area contributed by atoms with E-state index in [1.807, 2.05) is 36.4 Å². The number of benzene rings is 2. The third kappa shape index (κ3) is 1.85. The first-order valence-electron chi connectivity index (χ1n) is 5.14. The molecule has 16 heavy (non-hydrogen) atoms. The fourth-order valence-corrected chi connectivity index (χ4v) is 1.72. The van der Waals surface area contributed by atoms with Crippen LogP contribution in [-0.4, -0.2) is 7.11 Å². The average molecular weight is 213 g/mol. The topological polar surface area (TPSA) is 29.1 Å². The van der Waals surface area contributed by atoms with E-state index >= 15 is 0 Å². The molecule has 0 N–H and O–H groups in total. The van der Waals surface area contributed by atoms with Crippen molar-refractivity contribution in [2.24, 2.45) is 0 Å². The maximum Gasteiger partial charge on any atom is 0.254 e. The van der Waals surface area contributed by atoms with Gasteiger partial charge in [0.25, 0.3) is 5.79 Å². The average Bonchev–Trinajstić information content (AvgIpc) is 2.40. The van der Waals surface area contributed by atoms with Gasteiger partial charge in [0.15, 0.2) is 0 Å². The minimum atomic E-state index is -1.62. The molecular weight excluding hydrogens is 200 g/mol. The smallest absolute Gasteiger partial charge is 0.254 e. The molecule has 2 aromatic rings. The van der Waals surface area contributed by atoms with Gasteiger partial charge < -0.3 is 4.74 Å². The van der Waals surface area contributed by atoms with Crippen molar-refractivity contribution in [2.75, 3.05) is 7.11 Å². The summed E-state index contributed by atoms with van der Waals surface area (Å²) in [6.45, 7) is 0. The molecule has 0 unspecified atom stereocenters. The summed E-state index contributed by atoms with van der Waals surface area (Å²) >= 11 is 0. The largest absolute Gasteiger partial charge is 0.344 e. The lowest BCUT2D eigenvalue weighted by Crippen LogP contribution is -2.27. The van der Waals surface area contributed by atoms with Crippen LogP contribution < -0.4 is 0 Å². The van der Waals surface area contributed by atoms with Crippen LogP contribution in [-0.2, 0) is 15.6 Å². The SMILES string of the molecule is COC([O])(c1ccccc1)c1ccccc1. The molecule has 0 aliphatic heterocycles. The highest BCUT2D eigenvalue weighted by Gasteiger charge is 2.33. The highest BCUT2D eigenvalue weighted by Crippen LogP contribution is 2.30. The zero-order chi connectivity index (χ0) is 11.4. The summed E-state index contributed by atoms with van der Waals surface area (Å²) in [6, 6.07) is 18.2. The second-order valence-electron chi connectivity index (χ2n) is 3.55. The molecule has 0 heterocycles. The summed E-state index contributed by atoms with van der Waals surface area (Å²) in [7, 11) is 1.44.